The summed E-state index contributed by atoms with van der Waals surface area (Å²) in [6.45, 7) is 2.17. The van der Waals surface area contributed by atoms with Crippen LogP contribution < -0.4 is 15.4 Å². The third kappa shape index (κ3) is 8.67. The Bertz CT molecular complexity index is 518. The van der Waals surface area contributed by atoms with Crippen LogP contribution in [0.25, 0.3) is 0 Å². The molecule has 0 unspecified atom stereocenters. The number of nitro groups is 1. The highest BCUT2D eigenvalue weighted by molar-refractivity contribution is 5.28. The summed E-state index contributed by atoms with van der Waals surface area (Å²) in [5.74, 6) is 1.29. The minimum atomic E-state index is -0.483. The zero-order valence-electron chi connectivity index (χ0n) is 14.0. The Hall–Kier alpha value is -2.28. The summed E-state index contributed by atoms with van der Waals surface area (Å²) >= 11 is 0. The second-order valence-corrected chi connectivity index (χ2v) is 5.45. The molecule has 23 heavy (non-hydrogen) atoms. The molecular formula is C16H26N4O3. The first-order chi connectivity index (χ1) is 11.0. The summed E-state index contributed by atoms with van der Waals surface area (Å²) in [6, 6.07) is 8.09. The summed E-state index contributed by atoms with van der Waals surface area (Å²) in [6.07, 6.45) is 2.67. The summed E-state index contributed by atoms with van der Waals surface area (Å²) in [4.78, 5) is 12.0. The fourth-order valence-electron chi connectivity index (χ4n) is 2.04. The van der Waals surface area contributed by atoms with Gasteiger partial charge in [0.1, 0.15) is 5.75 Å². The van der Waals surface area contributed by atoms with E-state index in [-0.39, 0.29) is 0 Å². The number of unbranched alkanes of at least 4 members (excludes halogenated alkanes) is 1. The molecule has 128 valence electrons. The van der Waals surface area contributed by atoms with Gasteiger partial charge in [0.2, 0.25) is 0 Å². The quantitative estimate of drug-likeness (QED) is 0.367. The fourth-order valence-corrected chi connectivity index (χ4v) is 2.04. The predicted octanol–water partition coefficient (Wildman–Crippen LogP) is 1.79. The van der Waals surface area contributed by atoms with Crippen LogP contribution in [0.15, 0.2) is 36.3 Å². The molecule has 0 amide bonds. The lowest BCUT2D eigenvalue weighted by Gasteiger charge is -2.12. The number of ether oxygens (including phenoxy) is 1. The Kier molecular flexibility index (Phi) is 8.52. The van der Waals surface area contributed by atoms with Gasteiger partial charge in [-0.2, -0.15) is 0 Å². The Balaban J connectivity index is 2.23. The number of benzene rings is 1. The van der Waals surface area contributed by atoms with Gasteiger partial charge in [-0.25, -0.2) is 0 Å². The molecule has 0 fully saturated rings. The first-order valence-corrected chi connectivity index (χ1v) is 7.64. The van der Waals surface area contributed by atoms with Crippen LogP contribution in [0.5, 0.6) is 5.75 Å². The summed E-state index contributed by atoms with van der Waals surface area (Å²) in [5, 5.41) is 16.1. The van der Waals surface area contributed by atoms with Gasteiger partial charge in [-0.05, 0) is 44.6 Å². The molecule has 1 aromatic carbocycles. The van der Waals surface area contributed by atoms with Gasteiger partial charge in [0.15, 0.2) is 5.82 Å². The van der Waals surface area contributed by atoms with E-state index >= 15 is 0 Å². The predicted molar refractivity (Wildman–Crippen MR) is 90.7 cm³/mol. The lowest BCUT2D eigenvalue weighted by atomic mass is 10.2. The Morgan fingerprint density at radius 2 is 2.17 bits per heavy atom. The van der Waals surface area contributed by atoms with Gasteiger partial charge in [-0.15, -0.1) is 0 Å². The fraction of sp³-hybridized carbons (Fsp3) is 0.500. The molecule has 7 nitrogen and oxygen atoms in total. The van der Waals surface area contributed by atoms with Crippen molar-refractivity contribution in [3.8, 4) is 5.75 Å². The number of rotatable bonds is 11. The van der Waals surface area contributed by atoms with Crippen molar-refractivity contribution in [2.45, 2.75) is 19.4 Å². The number of nitrogens with zero attached hydrogens (tertiary/aromatic N) is 2. The van der Waals surface area contributed by atoms with Crippen molar-refractivity contribution >= 4 is 0 Å². The highest BCUT2D eigenvalue weighted by atomic mass is 16.6. The van der Waals surface area contributed by atoms with E-state index in [1.165, 1.54) is 5.56 Å². The van der Waals surface area contributed by atoms with Gasteiger partial charge >= 0.3 is 0 Å². The lowest BCUT2D eigenvalue weighted by Crippen LogP contribution is -2.25. The molecule has 0 saturated heterocycles. The molecule has 0 bridgehead atoms. The third-order valence-electron chi connectivity index (χ3n) is 3.06. The van der Waals surface area contributed by atoms with Crippen molar-refractivity contribution in [3.63, 3.8) is 0 Å². The minimum Gasteiger partial charge on any atom is -0.494 e. The van der Waals surface area contributed by atoms with Gasteiger partial charge < -0.3 is 20.3 Å². The van der Waals surface area contributed by atoms with Crippen molar-refractivity contribution < 1.29 is 9.66 Å². The molecule has 0 spiro atoms. The minimum absolute atomic E-state index is 0.410. The first-order valence-electron chi connectivity index (χ1n) is 7.64. The standard InChI is InChI=1S/C16H26N4O3/c1-17-16(13-20(21)22)18-9-4-5-10-23-15-8-6-7-14(11-15)12-19(2)3/h6-8,11,13,17-18H,4-5,9-10,12H2,1-3H3. The van der Waals surface area contributed by atoms with Crippen molar-refractivity contribution in [1.82, 2.24) is 15.5 Å². The van der Waals surface area contributed by atoms with Crippen molar-refractivity contribution in [2.75, 3.05) is 34.3 Å². The van der Waals surface area contributed by atoms with Crippen LogP contribution in [-0.4, -0.2) is 44.1 Å². The molecule has 1 aromatic rings. The number of hydrogen-bond donors (Lipinski definition) is 2. The van der Waals surface area contributed by atoms with E-state index in [9.17, 15) is 10.1 Å². The van der Waals surface area contributed by atoms with Gasteiger partial charge in [-0.1, -0.05) is 12.1 Å². The molecular weight excluding hydrogens is 296 g/mol. The highest BCUT2D eigenvalue weighted by Crippen LogP contribution is 2.14. The molecule has 2 N–H and O–H groups in total. The largest absolute Gasteiger partial charge is 0.494 e. The average molecular weight is 322 g/mol. The van der Waals surface area contributed by atoms with E-state index in [2.05, 4.69) is 27.7 Å². The zero-order chi connectivity index (χ0) is 17.1. The Labute approximate surface area is 137 Å². The second-order valence-electron chi connectivity index (χ2n) is 5.45. The van der Waals surface area contributed by atoms with Crippen LogP contribution in [0.4, 0.5) is 0 Å². The van der Waals surface area contributed by atoms with E-state index < -0.39 is 4.92 Å². The van der Waals surface area contributed by atoms with Crippen LogP contribution in [0.1, 0.15) is 18.4 Å². The maximum absolute atomic E-state index is 10.4. The first kappa shape index (κ1) is 18.8. The topological polar surface area (TPSA) is 79.7 Å². The SMILES string of the molecule is CNC(=C[N+](=O)[O-])NCCCCOc1cccc(CN(C)C)c1. The molecule has 0 heterocycles. The summed E-state index contributed by atoms with van der Waals surface area (Å²) in [7, 11) is 5.72. The Morgan fingerprint density at radius 3 is 2.83 bits per heavy atom. The molecule has 0 aromatic heterocycles. The van der Waals surface area contributed by atoms with E-state index in [0.717, 1.165) is 31.3 Å². The van der Waals surface area contributed by atoms with Crippen LogP contribution in [0.2, 0.25) is 0 Å². The third-order valence-corrected chi connectivity index (χ3v) is 3.06. The molecule has 7 heteroatoms. The maximum atomic E-state index is 10.4. The van der Waals surface area contributed by atoms with E-state index in [1.807, 2.05) is 26.2 Å². The van der Waals surface area contributed by atoms with Crippen molar-refractivity contribution in [1.29, 1.82) is 0 Å². The molecule has 0 atom stereocenters. The van der Waals surface area contributed by atoms with E-state index in [1.54, 1.807) is 7.05 Å². The summed E-state index contributed by atoms with van der Waals surface area (Å²) in [5.41, 5.74) is 1.22. The monoisotopic (exact) mass is 322 g/mol. The van der Waals surface area contributed by atoms with Crippen molar-refractivity contribution in [2.24, 2.45) is 0 Å². The summed E-state index contributed by atoms with van der Waals surface area (Å²) < 4.78 is 5.74. The number of hydrogen-bond acceptors (Lipinski definition) is 6. The highest BCUT2D eigenvalue weighted by Gasteiger charge is 2.00. The van der Waals surface area contributed by atoms with E-state index in [0.29, 0.717) is 19.0 Å². The van der Waals surface area contributed by atoms with Crippen LogP contribution in [-0.2, 0) is 6.54 Å². The van der Waals surface area contributed by atoms with Gasteiger partial charge in [-0.3, -0.25) is 10.1 Å². The molecule has 0 saturated carbocycles. The lowest BCUT2D eigenvalue weighted by molar-refractivity contribution is -0.404. The molecule has 0 aliphatic heterocycles. The smallest absolute Gasteiger partial charge is 0.274 e. The van der Waals surface area contributed by atoms with E-state index in [4.69, 9.17) is 4.74 Å². The van der Waals surface area contributed by atoms with Gasteiger partial charge in [0.05, 0.1) is 11.5 Å². The molecule has 0 radical (unpaired) electrons. The second kappa shape index (κ2) is 10.4. The average Bonchev–Trinajstić information content (AvgIpc) is 2.48. The molecule has 0 aliphatic rings. The van der Waals surface area contributed by atoms with Crippen LogP contribution >= 0.6 is 0 Å². The van der Waals surface area contributed by atoms with Crippen molar-refractivity contribution in [3.05, 3.63) is 52.0 Å². The number of nitrogens with one attached hydrogen (secondary N) is 2. The van der Waals surface area contributed by atoms with Gasteiger partial charge in [0.25, 0.3) is 6.20 Å². The maximum Gasteiger partial charge on any atom is 0.274 e. The molecule has 1 rings (SSSR count). The van der Waals surface area contributed by atoms with Crippen LogP contribution in [0, 0.1) is 10.1 Å². The van der Waals surface area contributed by atoms with Crippen LogP contribution in [0.3, 0.4) is 0 Å². The molecule has 0 aliphatic carbocycles. The zero-order valence-corrected chi connectivity index (χ0v) is 14.0. The Morgan fingerprint density at radius 1 is 1.39 bits per heavy atom. The normalized spacial score (nSPS) is 11.4. The van der Waals surface area contributed by atoms with Gasteiger partial charge in [0, 0.05) is 20.1 Å².